The van der Waals surface area contributed by atoms with E-state index in [9.17, 15) is 4.79 Å². The monoisotopic (exact) mass is 406 g/mol. The van der Waals surface area contributed by atoms with Crippen LogP contribution >= 0.6 is 11.3 Å². The molecule has 2 heterocycles. The second-order valence-corrected chi connectivity index (χ2v) is 7.97. The van der Waals surface area contributed by atoms with Crippen molar-refractivity contribution < 1.29 is 9.32 Å². The van der Waals surface area contributed by atoms with Crippen LogP contribution in [0.15, 0.2) is 53.1 Å². The van der Waals surface area contributed by atoms with Gasteiger partial charge in [-0.3, -0.25) is 4.79 Å². The van der Waals surface area contributed by atoms with Crippen LogP contribution in [0.2, 0.25) is 0 Å². The molecule has 0 atom stereocenters. The highest BCUT2D eigenvalue weighted by molar-refractivity contribution is 7.18. The maximum Gasteiger partial charge on any atom is 0.227 e. The van der Waals surface area contributed by atoms with Crippen molar-refractivity contribution in [2.75, 3.05) is 5.32 Å². The van der Waals surface area contributed by atoms with Gasteiger partial charge in [0.1, 0.15) is 0 Å². The SMILES string of the molecule is CCCc1noc(CCC(=O)Nc2ccc(Cc3nc4ccccc4s3)cc2)n1. The Morgan fingerprint density at radius 3 is 2.69 bits per heavy atom. The van der Waals surface area contributed by atoms with Gasteiger partial charge in [-0.15, -0.1) is 11.3 Å². The summed E-state index contributed by atoms with van der Waals surface area (Å²) in [5.41, 5.74) is 2.98. The van der Waals surface area contributed by atoms with Crippen molar-refractivity contribution in [2.45, 2.75) is 39.0 Å². The molecule has 0 aliphatic rings. The molecule has 0 aliphatic heterocycles. The molecule has 7 heteroatoms. The van der Waals surface area contributed by atoms with E-state index in [0.717, 1.165) is 41.0 Å². The lowest BCUT2D eigenvalue weighted by atomic mass is 10.1. The maximum absolute atomic E-state index is 12.2. The lowest BCUT2D eigenvalue weighted by molar-refractivity contribution is -0.116. The number of nitrogens with zero attached hydrogens (tertiary/aromatic N) is 3. The predicted octanol–water partition coefficient (Wildman–Crippen LogP) is 4.79. The number of hydrogen-bond donors (Lipinski definition) is 1. The van der Waals surface area contributed by atoms with Gasteiger partial charge < -0.3 is 9.84 Å². The number of carbonyl (C=O) groups excluding carboxylic acids is 1. The van der Waals surface area contributed by atoms with E-state index in [0.29, 0.717) is 24.6 Å². The van der Waals surface area contributed by atoms with Crippen molar-refractivity contribution in [3.8, 4) is 0 Å². The smallest absolute Gasteiger partial charge is 0.227 e. The number of anilines is 1. The minimum Gasteiger partial charge on any atom is -0.339 e. The molecule has 0 unspecified atom stereocenters. The number of fused-ring (bicyclic) bond motifs is 1. The third-order valence-electron chi connectivity index (χ3n) is 4.48. The molecule has 4 rings (SSSR count). The minimum absolute atomic E-state index is 0.0702. The molecular formula is C22H22N4O2S. The molecule has 148 valence electrons. The summed E-state index contributed by atoms with van der Waals surface area (Å²) < 4.78 is 6.37. The summed E-state index contributed by atoms with van der Waals surface area (Å²) in [7, 11) is 0. The van der Waals surface area contributed by atoms with Crippen molar-refractivity contribution >= 4 is 33.1 Å². The fourth-order valence-corrected chi connectivity index (χ4v) is 4.04. The van der Waals surface area contributed by atoms with Gasteiger partial charge in [0.05, 0.1) is 15.2 Å². The summed E-state index contributed by atoms with van der Waals surface area (Å²) in [5, 5.41) is 7.91. The predicted molar refractivity (Wildman–Crippen MR) is 114 cm³/mol. The molecular weight excluding hydrogens is 384 g/mol. The number of amides is 1. The van der Waals surface area contributed by atoms with Gasteiger partial charge in [-0.2, -0.15) is 4.98 Å². The third kappa shape index (κ3) is 5.06. The first-order valence-corrected chi connectivity index (χ1v) is 10.6. The molecule has 0 saturated carbocycles. The second kappa shape index (κ2) is 8.96. The Kier molecular flexibility index (Phi) is 5.95. The lowest BCUT2D eigenvalue weighted by Crippen LogP contribution is -2.12. The van der Waals surface area contributed by atoms with Gasteiger partial charge in [0.2, 0.25) is 11.8 Å². The second-order valence-electron chi connectivity index (χ2n) is 6.85. The first-order chi connectivity index (χ1) is 14.2. The Labute approximate surface area is 173 Å². The number of benzene rings is 2. The quantitative estimate of drug-likeness (QED) is 0.455. The number of aromatic nitrogens is 3. The standard InChI is InChI=1S/C22H22N4O2S/c1-2-5-19-25-21(28-26-19)13-12-20(27)23-16-10-8-15(9-11-16)14-22-24-17-6-3-4-7-18(17)29-22/h3-4,6-11H,2,5,12-14H2,1H3,(H,23,27). The number of rotatable bonds is 8. The van der Waals surface area contributed by atoms with Crippen LogP contribution < -0.4 is 5.32 Å². The van der Waals surface area contributed by atoms with Crippen LogP contribution in [0.25, 0.3) is 10.2 Å². The van der Waals surface area contributed by atoms with Gasteiger partial charge >= 0.3 is 0 Å². The number of hydrogen-bond acceptors (Lipinski definition) is 6. The Hall–Kier alpha value is -3.06. The highest BCUT2D eigenvalue weighted by Crippen LogP contribution is 2.24. The first-order valence-electron chi connectivity index (χ1n) is 9.74. The van der Waals surface area contributed by atoms with Crippen molar-refractivity contribution in [3.05, 3.63) is 70.8 Å². The maximum atomic E-state index is 12.2. The van der Waals surface area contributed by atoms with Gasteiger partial charge in [0, 0.05) is 31.4 Å². The summed E-state index contributed by atoms with van der Waals surface area (Å²) in [4.78, 5) is 21.1. The minimum atomic E-state index is -0.0702. The Balaban J connectivity index is 1.29. The van der Waals surface area contributed by atoms with Gasteiger partial charge in [0.25, 0.3) is 0 Å². The average molecular weight is 407 g/mol. The molecule has 0 aliphatic carbocycles. The molecule has 1 amide bonds. The zero-order valence-corrected chi connectivity index (χ0v) is 17.0. The number of nitrogens with one attached hydrogen (secondary N) is 1. The largest absolute Gasteiger partial charge is 0.339 e. The summed E-state index contributed by atoms with van der Waals surface area (Å²) in [5.74, 6) is 1.14. The van der Waals surface area contributed by atoms with Crippen LogP contribution in [0, 0.1) is 0 Å². The van der Waals surface area contributed by atoms with E-state index in [-0.39, 0.29) is 5.91 Å². The van der Waals surface area contributed by atoms with Crippen LogP contribution in [0.3, 0.4) is 0 Å². The molecule has 2 aromatic heterocycles. The van der Waals surface area contributed by atoms with E-state index >= 15 is 0 Å². The van der Waals surface area contributed by atoms with Crippen LogP contribution in [0.5, 0.6) is 0 Å². The van der Waals surface area contributed by atoms with E-state index in [4.69, 9.17) is 4.52 Å². The summed E-state index contributed by atoms with van der Waals surface area (Å²) in [6.07, 6.45) is 3.29. The van der Waals surface area contributed by atoms with Crippen LogP contribution in [0.4, 0.5) is 5.69 Å². The third-order valence-corrected chi connectivity index (χ3v) is 5.52. The molecule has 0 saturated heterocycles. The van der Waals surface area contributed by atoms with Crippen molar-refractivity contribution in [2.24, 2.45) is 0 Å². The zero-order valence-electron chi connectivity index (χ0n) is 16.2. The normalized spacial score (nSPS) is 11.1. The van der Waals surface area contributed by atoms with E-state index in [1.165, 1.54) is 4.70 Å². The molecule has 0 fully saturated rings. The topological polar surface area (TPSA) is 80.9 Å². The first kappa shape index (κ1) is 19.3. The molecule has 0 spiro atoms. The van der Waals surface area contributed by atoms with Crippen LogP contribution in [-0.4, -0.2) is 21.0 Å². The molecule has 4 aromatic rings. The fraction of sp³-hybridized carbons (Fsp3) is 0.273. The molecule has 0 radical (unpaired) electrons. The molecule has 6 nitrogen and oxygen atoms in total. The molecule has 0 bridgehead atoms. The molecule has 1 N–H and O–H groups in total. The molecule has 2 aromatic carbocycles. The van der Waals surface area contributed by atoms with Crippen molar-refractivity contribution in [3.63, 3.8) is 0 Å². The summed E-state index contributed by atoms with van der Waals surface area (Å²) >= 11 is 1.72. The Bertz CT molecular complexity index is 1070. The van der Waals surface area contributed by atoms with Crippen LogP contribution in [-0.2, 0) is 24.1 Å². The Morgan fingerprint density at radius 1 is 1.07 bits per heavy atom. The van der Waals surface area contributed by atoms with Gasteiger partial charge in [-0.05, 0) is 36.2 Å². The molecule has 29 heavy (non-hydrogen) atoms. The highest BCUT2D eigenvalue weighted by Gasteiger charge is 2.10. The van der Waals surface area contributed by atoms with E-state index in [2.05, 4.69) is 33.4 Å². The number of carbonyl (C=O) groups is 1. The van der Waals surface area contributed by atoms with E-state index < -0.39 is 0 Å². The van der Waals surface area contributed by atoms with Gasteiger partial charge in [0.15, 0.2) is 5.82 Å². The average Bonchev–Trinajstić information content (AvgIpc) is 3.34. The number of thiazole rings is 1. The van der Waals surface area contributed by atoms with E-state index in [1.807, 2.05) is 42.5 Å². The number of aryl methyl sites for hydroxylation is 2. The summed E-state index contributed by atoms with van der Waals surface area (Å²) in [6.45, 7) is 2.06. The summed E-state index contributed by atoms with van der Waals surface area (Å²) in [6, 6.07) is 16.1. The Morgan fingerprint density at radius 2 is 1.90 bits per heavy atom. The fourth-order valence-electron chi connectivity index (χ4n) is 3.04. The lowest BCUT2D eigenvalue weighted by Gasteiger charge is -2.05. The van der Waals surface area contributed by atoms with Gasteiger partial charge in [-0.1, -0.05) is 36.3 Å². The van der Waals surface area contributed by atoms with Crippen LogP contribution in [0.1, 0.15) is 42.1 Å². The number of para-hydroxylation sites is 1. The highest BCUT2D eigenvalue weighted by atomic mass is 32.1. The zero-order chi connectivity index (χ0) is 20.1. The van der Waals surface area contributed by atoms with Gasteiger partial charge in [-0.25, -0.2) is 4.98 Å². The van der Waals surface area contributed by atoms with Crippen molar-refractivity contribution in [1.82, 2.24) is 15.1 Å². The van der Waals surface area contributed by atoms with Crippen molar-refractivity contribution in [1.29, 1.82) is 0 Å². The van der Waals surface area contributed by atoms with E-state index in [1.54, 1.807) is 11.3 Å².